The molecular formula is C21H30O4. The van der Waals surface area contributed by atoms with Gasteiger partial charge in [0.1, 0.15) is 6.10 Å². The molecule has 0 saturated heterocycles. The summed E-state index contributed by atoms with van der Waals surface area (Å²) in [5.41, 5.74) is 4.37. The van der Waals surface area contributed by atoms with Crippen LogP contribution >= 0.6 is 0 Å². The van der Waals surface area contributed by atoms with Crippen molar-refractivity contribution in [2.45, 2.75) is 59.5 Å². The predicted octanol–water partition coefficient (Wildman–Crippen LogP) is 4.24. The molecule has 1 aromatic rings. The summed E-state index contributed by atoms with van der Waals surface area (Å²) in [5.74, 6) is -0.0923. The summed E-state index contributed by atoms with van der Waals surface area (Å²) in [5, 5.41) is 0. The minimum Gasteiger partial charge on any atom is -0.466 e. The lowest BCUT2D eigenvalue weighted by molar-refractivity contribution is -0.150. The van der Waals surface area contributed by atoms with E-state index < -0.39 is 6.10 Å². The molecule has 25 heavy (non-hydrogen) atoms. The van der Waals surface area contributed by atoms with E-state index >= 15 is 0 Å². The summed E-state index contributed by atoms with van der Waals surface area (Å²) >= 11 is 0. The van der Waals surface area contributed by atoms with E-state index in [9.17, 15) is 9.59 Å². The first-order valence-electron chi connectivity index (χ1n) is 9.19. The first-order valence-corrected chi connectivity index (χ1v) is 9.19. The largest absolute Gasteiger partial charge is 0.466 e. The van der Waals surface area contributed by atoms with E-state index in [-0.39, 0.29) is 23.6 Å². The third-order valence-electron chi connectivity index (χ3n) is 5.24. The number of hydrogen-bond acceptors (Lipinski definition) is 4. The van der Waals surface area contributed by atoms with Gasteiger partial charge in [-0.15, -0.1) is 0 Å². The number of ether oxygens (including phenoxy) is 2. The lowest BCUT2D eigenvalue weighted by atomic mass is 9.77. The molecule has 1 unspecified atom stereocenters. The fraction of sp³-hybridized carbons (Fsp3) is 0.619. The maximum absolute atomic E-state index is 13.1. The van der Waals surface area contributed by atoms with Gasteiger partial charge in [-0.05, 0) is 70.1 Å². The fourth-order valence-corrected chi connectivity index (χ4v) is 4.07. The van der Waals surface area contributed by atoms with Gasteiger partial charge in [0.25, 0.3) is 0 Å². The monoisotopic (exact) mass is 346 g/mol. The molecular weight excluding hydrogens is 316 g/mol. The number of Topliss-reactive ketones (excluding diaryl/α,β-unsaturated/α-hetero) is 1. The first kappa shape index (κ1) is 19.6. The van der Waals surface area contributed by atoms with Gasteiger partial charge >= 0.3 is 5.97 Å². The van der Waals surface area contributed by atoms with Crippen LogP contribution in [0.4, 0.5) is 0 Å². The Hall–Kier alpha value is -1.68. The molecule has 0 aromatic heterocycles. The third-order valence-corrected chi connectivity index (χ3v) is 5.24. The standard InChI is InChI=1S/C21H30O4/c1-6-25-21(23)17-9-7-16(8-10-17)19(22)20(24-5)18-14(3)11-13(2)12-15(18)4/h11-12,16-17,20H,6-10H2,1-5H3. The Labute approximate surface area is 150 Å². The van der Waals surface area contributed by atoms with Crippen molar-refractivity contribution in [3.05, 3.63) is 34.4 Å². The van der Waals surface area contributed by atoms with Gasteiger partial charge in [-0.1, -0.05) is 17.7 Å². The predicted molar refractivity (Wildman–Crippen MR) is 97.5 cm³/mol. The smallest absolute Gasteiger partial charge is 0.308 e. The maximum atomic E-state index is 13.1. The topological polar surface area (TPSA) is 52.6 Å². The average molecular weight is 346 g/mol. The highest BCUT2D eigenvalue weighted by molar-refractivity contribution is 5.87. The van der Waals surface area contributed by atoms with Gasteiger partial charge in [-0.3, -0.25) is 9.59 Å². The van der Waals surface area contributed by atoms with Crippen molar-refractivity contribution in [1.82, 2.24) is 0 Å². The average Bonchev–Trinajstić information content (AvgIpc) is 2.57. The minimum absolute atomic E-state index is 0.0456. The Balaban J connectivity index is 2.10. The molecule has 1 aromatic carbocycles. The van der Waals surface area contributed by atoms with Crippen molar-refractivity contribution in [1.29, 1.82) is 0 Å². The molecule has 4 heteroatoms. The molecule has 0 amide bonds. The fourth-order valence-electron chi connectivity index (χ4n) is 4.07. The van der Waals surface area contributed by atoms with Crippen LogP contribution < -0.4 is 0 Å². The Bertz CT molecular complexity index is 604. The Morgan fingerprint density at radius 2 is 1.56 bits per heavy atom. The van der Waals surface area contributed by atoms with Crippen LogP contribution in [0.1, 0.15) is 61.0 Å². The van der Waals surface area contributed by atoms with Crippen LogP contribution in [0.15, 0.2) is 12.1 Å². The van der Waals surface area contributed by atoms with E-state index in [4.69, 9.17) is 9.47 Å². The van der Waals surface area contributed by atoms with Crippen molar-refractivity contribution < 1.29 is 19.1 Å². The van der Waals surface area contributed by atoms with Crippen LogP contribution in [0.25, 0.3) is 0 Å². The molecule has 0 radical (unpaired) electrons. The molecule has 4 nitrogen and oxygen atoms in total. The number of esters is 1. The molecule has 0 bridgehead atoms. The molecule has 0 N–H and O–H groups in total. The third kappa shape index (κ3) is 4.49. The SMILES string of the molecule is CCOC(=O)C1CCC(C(=O)C(OC)c2c(C)cc(C)cc2C)CC1. The number of ketones is 1. The number of carbonyl (C=O) groups is 2. The number of benzene rings is 1. The minimum atomic E-state index is -0.523. The Morgan fingerprint density at radius 3 is 2.04 bits per heavy atom. The highest BCUT2D eigenvalue weighted by atomic mass is 16.5. The normalized spacial score (nSPS) is 21.6. The lowest BCUT2D eigenvalue weighted by Crippen LogP contribution is -2.31. The number of hydrogen-bond donors (Lipinski definition) is 0. The van der Waals surface area contributed by atoms with Crippen molar-refractivity contribution in [2.24, 2.45) is 11.8 Å². The molecule has 1 saturated carbocycles. The van der Waals surface area contributed by atoms with E-state index in [1.807, 2.05) is 20.8 Å². The van der Waals surface area contributed by atoms with Crippen LogP contribution in [0.3, 0.4) is 0 Å². The summed E-state index contributed by atoms with van der Waals surface area (Å²) in [4.78, 5) is 25.0. The summed E-state index contributed by atoms with van der Waals surface area (Å²) in [6, 6.07) is 4.19. The lowest BCUT2D eigenvalue weighted by Gasteiger charge is -2.29. The maximum Gasteiger partial charge on any atom is 0.308 e. The zero-order valence-electron chi connectivity index (χ0n) is 16.1. The van der Waals surface area contributed by atoms with E-state index in [1.165, 1.54) is 5.56 Å². The van der Waals surface area contributed by atoms with Gasteiger partial charge in [0.2, 0.25) is 0 Å². The zero-order valence-corrected chi connectivity index (χ0v) is 16.1. The molecule has 0 aliphatic heterocycles. The van der Waals surface area contributed by atoms with E-state index in [0.29, 0.717) is 6.61 Å². The summed E-state index contributed by atoms with van der Waals surface area (Å²) in [6.07, 6.45) is 2.37. The molecule has 0 spiro atoms. The molecule has 1 aliphatic carbocycles. The van der Waals surface area contributed by atoms with Crippen LogP contribution in [0.5, 0.6) is 0 Å². The molecule has 138 valence electrons. The molecule has 0 heterocycles. The summed E-state index contributed by atoms with van der Waals surface area (Å²) < 4.78 is 10.7. The van der Waals surface area contributed by atoms with Gasteiger partial charge in [-0.25, -0.2) is 0 Å². The highest BCUT2D eigenvalue weighted by Crippen LogP contribution is 2.36. The van der Waals surface area contributed by atoms with E-state index in [1.54, 1.807) is 7.11 Å². The van der Waals surface area contributed by atoms with Crippen LogP contribution in [-0.4, -0.2) is 25.5 Å². The van der Waals surface area contributed by atoms with Gasteiger partial charge in [0.05, 0.1) is 12.5 Å². The quantitative estimate of drug-likeness (QED) is 0.723. The van der Waals surface area contributed by atoms with Gasteiger partial charge in [-0.2, -0.15) is 0 Å². The first-order chi connectivity index (χ1) is 11.9. The molecule has 2 rings (SSSR count). The zero-order chi connectivity index (χ0) is 18.6. The van der Waals surface area contributed by atoms with E-state index in [0.717, 1.165) is 42.4 Å². The van der Waals surface area contributed by atoms with Crippen LogP contribution in [-0.2, 0) is 19.1 Å². The van der Waals surface area contributed by atoms with Crippen molar-refractivity contribution in [2.75, 3.05) is 13.7 Å². The second-order valence-corrected chi connectivity index (χ2v) is 7.13. The Kier molecular flexibility index (Phi) is 6.77. The van der Waals surface area contributed by atoms with Gasteiger partial charge < -0.3 is 9.47 Å². The van der Waals surface area contributed by atoms with Crippen molar-refractivity contribution in [3.8, 4) is 0 Å². The number of aryl methyl sites for hydroxylation is 3. The van der Waals surface area contributed by atoms with Crippen LogP contribution in [0.2, 0.25) is 0 Å². The van der Waals surface area contributed by atoms with Gasteiger partial charge in [0.15, 0.2) is 5.78 Å². The van der Waals surface area contributed by atoms with Gasteiger partial charge in [0, 0.05) is 13.0 Å². The number of rotatable bonds is 6. The molecule has 1 atom stereocenters. The summed E-state index contributed by atoms with van der Waals surface area (Å²) in [6.45, 7) is 8.36. The highest BCUT2D eigenvalue weighted by Gasteiger charge is 2.35. The van der Waals surface area contributed by atoms with Crippen LogP contribution in [0, 0.1) is 32.6 Å². The molecule has 1 aliphatic rings. The second-order valence-electron chi connectivity index (χ2n) is 7.13. The Morgan fingerprint density at radius 1 is 1.04 bits per heavy atom. The van der Waals surface area contributed by atoms with Crippen molar-refractivity contribution in [3.63, 3.8) is 0 Å². The van der Waals surface area contributed by atoms with Crippen molar-refractivity contribution >= 4 is 11.8 Å². The van der Waals surface area contributed by atoms with E-state index in [2.05, 4.69) is 19.1 Å². The number of methoxy groups -OCH3 is 1. The molecule has 1 fully saturated rings. The number of carbonyl (C=O) groups excluding carboxylic acids is 2. The summed E-state index contributed by atoms with van der Waals surface area (Å²) in [7, 11) is 1.60. The second kappa shape index (κ2) is 8.61.